The Morgan fingerprint density at radius 1 is 1.07 bits per heavy atom. The summed E-state index contributed by atoms with van der Waals surface area (Å²) in [6, 6.07) is 12.8. The number of hydrogen-bond donors (Lipinski definition) is 2. The molecule has 0 aromatic heterocycles. The van der Waals surface area contributed by atoms with Gasteiger partial charge in [-0.1, -0.05) is 66.0 Å². The third-order valence-electron chi connectivity index (χ3n) is 5.50. The zero-order valence-electron chi connectivity index (χ0n) is 17.2. The van der Waals surface area contributed by atoms with Crippen LogP contribution in [0.1, 0.15) is 60.3 Å². The maximum absolute atomic E-state index is 12.2. The fourth-order valence-electron chi connectivity index (χ4n) is 3.70. The Morgan fingerprint density at radius 3 is 2.45 bits per heavy atom. The molecule has 0 radical (unpaired) electrons. The van der Waals surface area contributed by atoms with Crippen LogP contribution in [0.4, 0.5) is 0 Å². The monoisotopic (exact) mass is 472 g/mol. The molecule has 29 heavy (non-hydrogen) atoms. The van der Waals surface area contributed by atoms with Crippen LogP contribution in [0.2, 0.25) is 0 Å². The average Bonchev–Trinajstić information content (AvgIpc) is 2.74. The highest BCUT2D eigenvalue weighted by atomic mass is 79.9. The highest BCUT2D eigenvalue weighted by Crippen LogP contribution is 2.33. The molecule has 5 heteroatoms. The summed E-state index contributed by atoms with van der Waals surface area (Å²) in [6.45, 7) is 8.17. The summed E-state index contributed by atoms with van der Waals surface area (Å²) in [4.78, 5) is 13.4. The molecule has 0 bridgehead atoms. The number of carbonyl (C=O) groups is 1. The molecule has 0 unspecified atom stereocenters. The lowest BCUT2D eigenvalue weighted by Crippen LogP contribution is -2.37. The second kappa shape index (κ2) is 10.4. The molecular weight excluding hydrogens is 444 g/mol. The van der Waals surface area contributed by atoms with Crippen molar-refractivity contribution in [1.82, 2.24) is 10.9 Å². The highest BCUT2D eigenvalue weighted by molar-refractivity contribution is 9.10. The Labute approximate surface area is 186 Å². The zero-order valence-corrected chi connectivity index (χ0v) is 19.6. The van der Waals surface area contributed by atoms with Crippen LogP contribution in [-0.2, 0) is 4.79 Å². The summed E-state index contributed by atoms with van der Waals surface area (Å²) < 4.78 is 1.09. The van der Waals surface area contributed by atoms with Crippen LogP contribution < -0.4 is 10.9 Å². The maximum atomic E-state index is 12.2. The van der Waals surface area contributed by atoms with E-state index in [0.29, 0.717) is 17.4 Å². The van der Waals surface area contributed by atoms with Crippen LogP contribution in [0.3, 0.4) is 0 Å². The van der Waals surface area contributed by atoms with Crippen molar-refractivity contribution in [3.63, 3.8) is 0 Å². The number of thioether (sulfide) groups is 1. The fraction of sp³-hybridized carbons (Fsp3) is 0.375. The van der Waals surface area contributed by atoms with E-state index in [0.717, 1.165) is 20.5 Å². The van der Waals surface area contributed by atoms with Gasteiger partial charge in [0.15, 0.2) is 0 Å². The van der Waals surface area contributed by atoms with Gasteiger partial charge in [-0.05, 0) is 67.0 Å². The van der Waals surface area contributed by atoms with Gasteiger partial charge in [0.2, 0.25) is 5.91 Å². The Kier molecular flexibility index (Phi) is 7.84. The van der Waals surface area contributed by atoms with Crippen LogP contribution in [0.15, 0.2) is 52.3 Å². The van der Waals surface area contributed by atoms with Gasteiger partial charge < -0.3 is 0 Å². The first-order chi connectivity index (χ1) is 13.9. The van der Waals surface area contributed by atoms with Crippen molar-refractivity contribution in [1.29, 1.82) is 0 Å². The third-order valence-corrected chi connectivity index (χ3v) is 7.52. The molecular formula is C24H29BrN2OS. The Morgan fingerprint density at radius 2 is 1.76 bits per heavy atom. The van der Waals surface area contributed by atoms with Crippen molar-refractivity contribution in [2.45, 2.75) is 56.8 Å². The Hall–Kier alpha value is -1.72. The fourth-order valence-corrected chi connectivity index (χ4v) is 5.06. The molecule has 3 nitrogen and oxygen atoms in total. The molecule has 1 aliphatic carbocycles. The summed E-state index contributed by atoms with van der Waals surface area (Å²) in [5.41, 5.74) is 11.2. The van der Waals surface area contributed by atoms with Gasteiger partial charge in [-0.25, -0.2) is 0 Å². The Bertz CT molecular complexity index is 873. The number of aryl methyl sites for hydroxylation is 2. The molecule has 3 rings (SSSR count). The van der Waals surface area contributed by atoms with Crippen molar-refractivity contribution >= 4 is 39.3 Å². The number of benzene rings is 2. The Balaban J connectivity index is 1.47. The quantitative estimate of drug-likeness (QED) is 0.356. The molecule has 0 saturated heterocycles. The molecule has 0 heterocycles. The summed E-state index contributed by atoms with van der Waals surface area (Å²) >= 11 is 5.08. The molecule has 1 amide bonds. The van der Waals surface area contributed by atoms with Crippen LogP contribution in [0.25, 0.3) is 5.70 Å². The number of nitrogens with one attached hydrogen (secondary N) is 2. The van der Waals surface area contributed by atoms with Crippen LogP contribution >= 0.6 is 27.7 Å². The third kappa shape index (κ3) is 6.13. The van der Waals surface area contributed by atoms with Gasteiger partial charge in [-0.2, -0.15) is 0 Å². The number of halogens is 1. The van der Waals surface area contributed by atoms with Crippen LogP contribution in [0, 0.1) is 13.8 Å². The van der Waals surface area contributed by atoms with E-state index in [2.05, 4.69) is 83.6 Å². The van der Waals surface area contributed by atoms with Gasteiger partial charge in [-0.3, -0.25) is 15.6 Å². The lowest BCUT2D eigenvalue weighted by atomic mass is 9.84. The second-order valence-corrected chi connectivity index (χ2v) is 9.64. The smallest absolute Gasteiger partial charge is 0.248 e. The summed E-state index contributed by atoms with van der Waals surface area (Å²) in [7, 11) is 0. The van der Waals surface area contributed by atoms with E-state index in [1.54, 1.807) is 11.8 Å². The van der Waals surface area contributed by atoms with Crippen molar-refractivity contribution in [3.8, 4) is 0 Å². The number of hydrazine groups is 1. The van der Waals surface area contributed by atoms with E-state index in [4.69, 9.17) is 0 Å². The lowest BCUT2D eigenvalue weighted by Gasteiger charge is -2.22. The van der Waals surface area contributed by atoms with Gasteiger partial charge in [-0.15, -0.1) is 11.8 Å². The minimum Gasteiger partial charge on any atom is -0.299 e. The summed E-state index contributed by atoms with van der Waals surface area (Å²) in [5, 5.41) is 0. The molecule has 1 aliphatic rings. The van der Waals surface area contributed by atoms with E-state index < -0.39 is 0 Å². The van der Waals surface area contributed by atoms with Crippen molar-refractivity contribution in [2.75, 3.05) is 5.75 Å². The molecule has 2 aromatic carbocycles. The molecule has 1 fully saturated rings. The average molecular weight is 473 g/mol. The van der Waals surface area contributed by atoms with Crippen molar-refractivity contribution < 1.29 is 4.79 Å². The van der Waals surface area contributed by atoms with Crippen molar-refractivity contribution in [2.24, 2.45) is 0 Å². The molecule has 0 aliphatic heterocycles. The largest absolute Gasteiger partial charge is 0.299 e. The molecule has 2 aromatic rings. The zero-order chi connectivity index (χ0) is 20.8. The molecule has 0 spiro atoms. The summed E-state index contributed by atoms with van der Waals surface area (Å²) in [6.07, 6.45) is 6.63. The standard InChI is InChI=1S/C24H29BrN2OS/c1-16-14-23(17(2)13-22(16)25)29-15-24(28)27-26-18(3)19-9-11-21(12-10-19)20-7-5-4-6-8-20/h9-14,20,26H,3-8,15H2,1-2H3,(H,27,28). The van der Waals surface area contributed by atoms with Crippen LogP contribution in [-0.4, -0.2) is 11.7 Å². The first-order valence-electron chi connectivity index (χ1n) is 10.2. The predicted molar refractivity (Wildman–Crippen MR) is 127 cm³/mol. The van der Waals surface area contributed by atoms with Gasteiger partial charge in [0, 0.05) is 9.37 Å². The van der Waals surface area contributed by atoms with Crippen molar-refractivity contribution in [3.05, 3.63) is 69.7 Å². The van der Waals surface area contributed by atoms with Gasteiger partial charge in [0.25, 0.3) is 0 Å². The van der Waals surface area contributed by atoms with Gasteiger partial charge >= 0.3 is 0 Å². The second-order valence-electron chi connectivity index (χ2n) is 7.76. The predicted octanol–water partition coefficient (Wildman–Crippen LogP) is 6.50. The van der Waals surface area contributed by atoms with E-state index in [9.17, 15) is 4.79 Å². The molecule has 0 atom stereocenters. The van der Waals surface area contributed by atoms with Crippen LogP contribution in [0.5, 0.6) is 0 Å². The number of rotatable bonds is 7. The topological polar surface area (TPSA) is 41.1 Å². The normalized spacial score (nSPS) is 14.4. The summed E-state index contributed by atoms with van der Waals surface area (Å²) in [5.74, 6) is 0.972. The van der Waals surface area contributed by atoms with Gasteiger partial charge in [0.05, 0.1) is 11.4 Å². The van der Waals surface area contributed by atoms with E-state index in [1.165, 1.54) is 43.2 Å². The first kappa shape index (κ1) is 22.0. The van der Waals surface area contributed by atoms with E-state index >= 15 is 0 Å². The maximum Gasteiger partial charge on any atom is 0.248 e. The lowest BCUT2D eigenvalue weighted by molar-refractivity contribution is -0.119. The molecule has 154 valence electrons. The van der Waals surface area contributed by atoms with E-state index in [1.807, 2.05) is 0 Å². The number of amides is 1. The SMILES string of the molecule is C=C(NNC(=O)CSc1cc(C)c(Br)cc1C)c1ccc(C2CCCCC2)cc1. The molecule has 1 saturated carbocycles. The minimum atomic E-state index is -0.0741. The minimum absolute atomic E-state index is 0.0741. The molecule has 2 N–H and O–H groups in total. The number of hydrogen-bond acceptors (Lipinski definition) is 3. The number of carbonyl (C=O) groups excluding carboxylic acids is 1. The van der Waals surface area contributed by atoms with Gasteiger partial charge in [0.1, 0.15) is 0 Å². The highest BCUT2D eigenvalue weighted by Gasteiger charge is 2.15. The first-order valence-corrected chi connectivity index (χ1v) is 12.0. The van der Waals surface area contributed by atoms with E-state index in [-0.39, 0.29) is 5.91 Å².